The van der Waals surface area contributed by atoms with Crippen molar-refractivity contribution in [2.24, 2.45) is 10.8 Å². The molecule has 0 fully saturated rings. The van der Waals surface area contributed by atoms with Gasteiger partial charge in [-0.15, -0.1) is 40.5 Å². The molecule has 261 valence electrons. The van der Waals surface area contributed by atoms with Crippen LogP contribution in [0.15, 0.2) is 71.1 Å². The number of hydrogen-bond acceptors (Lipinski definition) is 6. The first-order valence-corrected chi connectivity index (χ1v) is 18.0. The third-order valence-electron chi connectivity index (χ3n) is 10.5. The number of ketones is 1. The number of nitrogens with zero attached hydrogens (tertiary/aromatic N) is 2. The molecule has 0 atom stereocenters. The minimum Gasteiger partial charge on any atom is -0.512 e. The van der Waals surface area contributed by atoms with Crippen molar-refractivity contribution in [1.82, 2.24) is 9.97 Å². The Hall–Kier alpha value is -3.38. The number of thiophene rings is 1. The maximum absolute atomic E-state index is 12.2. The fourth-order valence-corrected chi connectivity index (χ4v) is 7.29. The number of carbonyl (C=O) groups is 1. The fourth-order valence-electron chi connectivity index (χ4n) is 6.16. The van der Waals surface area contributed by atoms with Gasteiger partial charge in [0.15, 0.2) is 11.4 Å². The zero-order valence-corrected chi connectivity index (χ0v) is 33.7. The number of aliphatic hydroxyl groups is 1. The Bertz CT molecular complexity index is 2140. The van der Waals surface area contributed by atoms with Crippen LogP contribution in [-0.4, -0.2) is 20.9 Å². The Morgan fingerprint density at radius 1 is 0.898 bits per heavy atom. The number of benzene rings is 3. The van der Waals surface area contributed by atoms with Crippen LogP contribution in [0, 0.1) is 23.8 Å². The molecule has 0 spiro atoms. The minimum absolute atomic E-state index is 0. The monoisotopic (exact) mass is 854 g/mol. The van der Waals surface area contributed by atoms with Gasteiger partial charge in [0.25, 0.3) is 0 Å². The van der Waals surface area contributed by atoms with Crippen LogP contribution in [0.1, 0.15) is 99.3 Å². The van der Waals surface area contributed by atoms with Crippen molar-refractivity contribution < 1.29 is 34.4 Å². The van der Waals surface area contributed by atoms with E-state index < -0.39 is 0 Å². The topological polar surface area (TPSA) is 76.2 Å². The summed E-state index contributed by atoms with van der Waals surface area (Å²) in [6.07, 6.45) is 6.42. The van der Waals surface area contributed by atoms with Crippen molar-refractivity contribution in [3.63, 3.8) is 0 Å². The van der Waals surface area contributed by atoms with E-state index in [-0.39, 0.29) is 47.9 Å². The fraction of sp³-hybridized carbons (Fsp3) is 0.405. The molecule has 1 radical (unpaired) electrons. The van der Waals surface area contributed by atoms with Crippen LogP contribution < -0.4 is 0 Å². The number of furan rings is 1. The summed E-state index contributed by atoms with van der Waals surface area (Å²) < 4.78 is 7.16. The molecule has 0 bridgehead atoms. The first-order chi connectivity index (χ1) is 22.7. The van der Waals surface area contributed by atoms with E-state index in [1.54, 1.807) is 17.7 Å². The summed E-state index contributed by atoms with van der Waals surface area (Å²) in [6, 6.07) is 20.7. The van der Waals surface area contributed by atoms with Gasteiger partial charge in [0.1, 0.15) is 22.7 Å². The summed E-state index contributed by atoms with van der Waals surface area (Å²) in [7, 11) is 0. The van der Waals surface area contributed by atoms with E-state index in [1.807, 2.05) is 48.5 Å². The Morgan fingerprint density at radius 2 is 1.55 bits per heavy atom. The van der Waals surface area contributed by atoms with E-state index in [0.717, 1.165) is 79.4 Å². The molecule has 1 N–H and O–H groups in total. The number of hydrogen-bond donors (Lipinski definition) is 1. The zero-order valence-electron chi connectivity index (χ0n) is 30.5. The van der Waals surface area contributed by atoms with Crippen LogP contribution in [0.2, 0.25) is 0 Å². The molecule has 5 nitrogen and oxygen atoms in total. The molecule has 0 unspecified atom stereocenters. The number of carbonyl (C=O) groups excluding carboxylic acids is 1. The number of rotatable bonds is 8. The number of allylic oxidation sites excluding steroid dienone is 2. The van der Waals surface area contributed by atoms with E-state index >= 15 is 0 Å². The Kier molecular flexibility index (Phi) is 11.6. The second kappa shape index (κ2) is 14.8. The van der Waals surface area contributed by atoms with Gasteiger partial charge in [-0.05, 0) is 44.1 Å². The Morgan fingerprint density at radius 3 is 2.18 bits per heavy atom. The molecule has 6 aromatic rings. The zero-order chi connectivity index (χ0) is 35.0. The van der Waals surface area contributed by atoms with Gasteiger partial charge in [-0.1, -0.05) is 104 Å². The van der Waals surface area contributed by atoms with Crippen LogP contribution in [0.25, 0.3) is 53.3 Å². The van der Waals surface area contributed by atoms with Crippen LogP contribution in [-0.2, 0) is 30.3 Å². The molecule has 7 heteroatoms. The van der Waals surface area contributed by atoms with E-state index in [2.05, 4.69) is 80.4 Å². The summed E-state index contributed by atoms with van der Waals surface area (Å²) in [4.78, 5) is 22.5. The first kappa shape index (κ1) is 38.4. The van der Waals surface area contributed by atoms with Gasteiger partial charge >= 0.3 is 0 Å². The van der Waals surface area contributed by atoms with Gasteiger partial charge < -0.3 is 9.52 Å². The average molecular weight is 854 g/mol. The van der Waals surface area contributed by atoms with Crippen molar-refractivity contribution in [3.8, 4) is 11.3 Å². The predicted molar refractivity (Wildman–Crippen MR) is 203 cm³/mol. The summed E-state index contributed by atoms with van der Waals surface area (Å²) in [5, 5.41) is 15.8. The second-order valence-electron chi connectivity index (χ2n) is 14.5. The molecule has 3 aromatic carbocycles. The largest absolute Gasteiger partial charge is 0.512 e. The molecule has 0 aliphatic rings. The van der Waals surface area contributed by atoms with Crippen molar-refractivity contribution in [2.75, 3.05) is 0 Å². The predicted octanol–water partition coefficient (Wildman–Crippen LogP) is 12.5. The summed E-state index contributed by atoms with van der Waals surface area (Å²) in [6.45, 7) is 20.8. The van der Waals surface area contributed by atoms with Gasteiger partial charge in [0, 0.05) is 58.9 Å². The van der Waals surface area contributed by atoms with E-state index in [9.17, 15) is 9.90 Å². The van der Waals surface area contributed by atoms with Gasteiger partial charge in [0.2, 0.25) is 0 Å². The van der Waals surface area contributed by atoms with E-state index in [4.69, 9.17) is 9.40 Å². The molecule has 49 heavy (non-hydrogen) atoms. The van der Waals surface area contributed by atoms with Gasteiger partial charge in [-0.3, -0.25) is 9.78 Å². The van der Waals surface area contributed by atoms with Crippen LogP contribution in [0.5, 0.6) is 0 Å². The molecule has 0 saturated carbocycles. The van der Waals surface area contributed by atoms with Gasteiger partial charge in [-0.25, -0.2) is 4.98 Å². The normalized spacial score (nSPS) is 12.7. The average Bonchev–Trinajstić information content (AvgIpc) is 3.66. The van der Waals surface area contributed by atoms with Crippen LogP contribution in [0.3, 0.4) is 0 Å². The number of aromatic nitrogens is 2. The van der Waals surface area contributed by atoms with Crippen molar-refractivity contribution in [2.45, 2.75) is 100 Å². The van der Waals surface area contributed by atoms with Crippen molar-refractivity contribution in [3.05, 3.63) is 84.1 Å². The molecular formula is C42H49IrN2O3S-. The third kappa shape index (κ3) is 7.40. The Labute approximate surface area is 308 Å². The summed E-state index contributed by atoms with van der Waals surface area (Å²) in [5.41, 5.74) is 3.56. The molecule has 3 heterocycles. The molecular weight excluding hydrogens is 805 g/mol. The molecule has 0 aliphatic carbocycles. The van der Waals surface area contributed by atoms with E-state index in [1.165, 1.54) is 17.0 Å². The second-order valence-corrected chi connectivity index (χ2v) is 15.5. The first-order valence-electron chi connectivity index (χ1n) is 17.2. The maximum atomic E-state index is 12.2. The van der Waals surface area contributed by atoms with Crippen molar-refractivity contribution >= 4 is 59.2 Å². The molecule has 0 aliphatic heterocycles. The number of aliphatic hydroxyl groups excluding tert-OH is 1. The van der Waals surface area contributed by atoms with Gasteiger partial charge in [-0.2, -0.15) is 0 Å². The van der Waals surface area contributed by atoms with Crippen molar-refractivity contribution in [1.29, 1.82) is 0 Å². The molecule has 6 rings (SSSR count). The quantitative estimate of drug-likeness (QED) is 0.0938. The van der Waals surface area contributed by atoms with Crippen LogP contribution >= 0.6 is 11.3 Å². The van der Waals surface area contributed by atoms with E-state index in [0.29, 0.717) is 0 Å². The summed E-state index contributed by atoms with van der Waals surface area (Å²) >= 11 is 1.67. The van der Waals surface area contributed by atoms with Gasteiger partial charge in [0.05, 0.1) is 4.70 Å². The standard InChI is InChI=1S/C27H21N2OS.C15H28O2.Ir/c1-15-11-17-9-10-20-22-23(28-14-29-26(22)31-25(20)24(17)30-15)18-12-16-7-5-6-8-19(16)21(13-18)27(2,3)4;1-7-14(5,8-2)12(16)11-13(17)15(6,9-3)10-4;/h5-11,13-14H,1-4H3;11,16H,7-10H2,1-6H3;/q-1;;/b;12-11-;. The number of fused-ring (bicyclic) bond motifs is 6. The smallest absolute Gasteiger partial charge is 0.164 e. The summed E-state index contributed by atoms with van der Waals surface area (Å²) in [5.74, 6) is 1.21. The van der Waals surface area contributed by atoms with Crippen LogP contribution in [0.4, 0.5) is 0 Å². The Balaban J connectivity index is 0.000000260. The molecule has 0 amide bonds. The maximum Gasteiger partial charge on any atom is 0.164 e. The number of aryl methyl sites for hydroxylation is 1. The third-order valence-corrected chi connectivity index (χ3v) is 11.6. The SMILES string of the molecule is CCC(C)(CC)C(=O)/C=C(\O)C(C)(CC)CC.Cc1cc2ccc3c(sc4ncnc(-c5[c-]c6ccccc6c(C(C)(C)C)c5)c43)c2o1.[Ir]. The molecule has 3 aromatic heterocycles. The molecule has 0 saturated heterocycles. The minimum atomic E-state index is -0.337.